The van der Waals surface area contributed by atoms with Crippen LogP contribution in [0.2, 0.25) is 0 Å². The lowest BCUT2D eigenvalue weighted by molar-refractivity contribution is 0.317. The van der Waals surface area contributed by atoms with Gasteiger partial charge in [0.15, 0.2) is 0 Å². The zero-order valence-electron chi connectivity index (χ0n) is 14.4. The van der Waals surface area contributed by atoms with Gasteiger partial charge in [-0.15, -0.1) is 0 Å². The van der Waals surface area contributed by atoms with Crippen LogP contribution in [0, 0.1) is 11.3 Å². The topological polar surface area (TPSA) is 71.9 Å². The van der Waals surface area contributed by atoms with Crippen LogP contribution < -0.4 is 10.5 Å². The van der Waals surface area contributed by atoms with E-state index in [9.17, 15) is 5.26 Å². The summed E-state index contributed by atoms with van der Waals surface area (Å²) < 4.78 is 6.62. The zero-order valence-corrected chi connectivity index (χ0v) is 16.0. The van der Waals surface area contributed by atoms with Gasteiger partial charge in [-0.1, -0.05) is 47.1 Å². The van der Waals surface area contributed by atoms with Crippen LogP contribution in [0.5, 0.6) is 5.75 Å². The Morgan fingerprint density at radius 2 is 1.73 bits per heavy atom. The van der Waals surface area contributed by atoms with Crippen LogP contribution in [0.15, 0.2) is 59.1 Å². The first-order chi connectivity index (χ1) is 12.6. The lowest BCUT2D eigenvalue weighted by Crippen LogP contribution is -2.00. The van der Waals surface area contributed by atoms with Gasteiger partial charge in [0.1, 0.15) is 23.2 Å². The van der Waals surface area contributed by atoms with E-state index in [-0.39, 0.29) is 5.82 Å². The third kappa shape index (κ3) is 3.87. The third-order valence-electron chi connectivity index (χ3n) is 3.94. The van der Waals surface area contributed by atoms with Gasteiger partial charge in [0, 0.05) is 15.6 Å². The molecule has 0 amide bonds. The van der Waals surface area contributed by atoms with E-state index in [2.05, 4.69) is 33.9 Å². The molecule has 3 rings (SSSR count). The number of aromatic nitrogens is 1. The molecule has 0 atom stereocenters. The molecule has 0 aliphatic rings. The van der Waals surface area contributed by atoms with Crippen molar-refractivity contribution in [2.75, 3.05) is 12.3 Å². The number of rotatable bonds is 5. The predicted octanol–water partition coefficient (Wildman–Crippen LogP) is 5.42. The summed E-state index contributed by atoms with van der Waals surface area (Å²) >= 11 is 3.43. The quantitative estimate of drug-likeness (QED) is 0.612. The summed E-state index contributed by atoms with van der Waals surface area (Å²) in [6, 6.07) is 19.6. The minimum Gasteiger partial charge on any atom is -0.494 e. The average Bonchev–Trinajstić information content (AvgIpc) is 2.66. The highest BCUT2D eigenvalue weighted by Crippen LogP contribution is 2.32. The molecule has 1 aromatic heterocycles. The molecule has 0 saturated carbocycles. The summed E-state index contributed by atoms with van der Waals surface area (Å²) in [7, 11) is 0. The van der Waals surface area contributed by atoms with Crippen molar-refractivity contribution in [3.8, 4) is 34.2 Å². The van der Waals surface area contributed by atoms with Crippen molar-refractivity contribution in [3.63, 3.8) is 0 Å². The van der Waals surface area contributed by atoms with Crippen molar-refractivity contribution in [2.24, 2.45) is 0 Å². The molecule has 0 unspecified atom stereocenters. The Bertz CT molecular complexity index is 945. The van der Waals surface area contributed by atoms with Crippen molar-refractivity contribution in [3.05, 3.63) is 64.6 Å². The molecule has 3 aromatic rings. The van der Waals surface area contributed by atoms with Crippen LogP contribution in [0.25, 0.3) is 22.4 Å². The summed E-state index contributed by atoms with van der Waals surface area (Å²) in [6.07, 6.45) is 0.956. The van der Waals surface area contributed by atoms with E-state index in [1.807, 2.05) is 54.6 Å². The molecule has 1 heterocycles. The number of benzene rings is 2. The minimum atomic E-state index is 0.231. The molecule has 2 N–H and O–H groups in total. The molecule has 0 fully saturated rings. The lowest BCUT2D eigenvalue weighted by Gasteiger charge is -2.11. The van der Waals surface area contributed by atoms with Gasteiger partial charge < -0.3 is 10.5 Å². The summed E-state index contributed by atoms with van der Waals surface area (Å²) in [5.74, 6) is 1.04. The standard InChI is InChI=1S/C21H18BrN3O/c1-2-11-26-17-9-5-14(6-10-17)18-12-20(25-21(24)19(18)13-23)15-3-7-16(22)8-4-15/h3-10,12H,2,11H2,1H3,(H2,24,25). The van der Waals surface area contributed by atoms with E-state index >= 15 is 0 Å². The maximum absolute atomic E-state index is 9.53. The van der Waals surface area contributed by atoms with Gasteiger partial charge in [-0.05, 0) is 42.3 Å². The van der Waals surface area contributed by atoms with Crippen LogP contribution in [0.4, 0.5) is 5.82 Å². The molecule has 5 heteroatoms. The van der Waals surface area contributed by atoms with Crippen molar-refractivity contribution in [2.45, 2.75) is 13.3 Å². The fraction of sp³-hybridized carbons (Fsp3) is 0.143. The first-order valence-electron chi connectivity index (χ1n) is 8.32. The lowest BCUT2D eigenvalue weighted by atomic mass is 9.98. The number of nitrogens with zero attached hydrogens (tertiary/aromatic N) is 2. The second kappa shape index (κ2) is 8.03. The van der Waals surface area contributed by atoms with Gasteiger partial charge in [0.05, 0.1) is 12.3 Å². The van der Waals surface area contributed by atoms with Crippen molar-refractivity contribution < 1.29 is 4.74 Å². The molecule has 130 valence electrons. The Kier molecular flexibility index (Phi) is 5.55. The number of pyridine rings is 1. The predicted molar refractivity (Wildman–Crippen MR) is 108 cm³/mol. The Balaban J connectivity index is 2.05. The molecule has 0 bridgehead atoms. The Morgan fingerprint density at radius 3 is 2.35 bits per heavy atom. The first-order valence-corrected chi connectivity index (χ1v) is 9.11. The number of nitriles is 1. The van der Waals surface area contributed by atoms with Gasteiger partial charge in [0.25, 0.3) is 0 Å². The molecule has 0 aliphatic heterocycles. The first kappa shape index (κ1) is 18.0. The van der Waals surface area contributed by atoms with Crippen LogP contribution in [0.3, 0.4) is 0 Å². The van der Waals surface area contributed by atoms with E-state index in [0.717, 1.165) is 39.0 Å². The van der Waals surface area contributed by atoms with Gasteiger partial charge in [0.2, 0.25) is 0 Å². The molecule has 0 radical (unpaired) electrons. The van der Waals surface area contributed by atoms with Gasteiger partial charge in [-0.25, -0.2) is 4.98 Å². The highest BCUT2D eigenvalue weighted by atomic mass is 79.9. The SMILES string of the molecule is CCCOc1ccc(-c2cc(-c3ccc(Br)cc3)nc(N)c2C#N)cc1. The molecule has 0 spiro atoms. The third-order valence-corrected chi connectivity index (χ3v) is 4.47. The molecule has 0 saturated heterocycles. The molecule has 0 aliphatic carbocycles. The largest absolute Gasteiger partial charge is 0.494 e. The van der Waals surface area contributed by atoms with Gasteiger partial charge >= 0.3 is 0 Å². The number of anilines is 1. The van der Waals surface area contributed by atoms with Crippen molar-refractivity contribution >= 4 is 21.7 Å². The summed E-state index contributed by atoms with van der Waals surface area (Å²) in [5.41, 5.74) is 9.78. The second-order valence-corrected chi connectivity index (χ2v) is 6.72. The highest BCUT2D eigenvalue weighted by Gasteiger charge is 2.13. The van der Waals surface area contributed by atoms with Gasteiger partial charge in [-0.2, -0.15) is 5.26 Å². The number of halogens is 1. The van der Waals surface area contributed by atoms with Crippen molar-refractivity contribution in [1.29, 1.82) is 5.26 Å². The molecular weight excluding hydrogens is 390 g/mol. The molecule has 2 aromatic carbocycles. The minimum absolute atomic E-state index is 0.231. The summed E-state index contributed by atoms with van der Waals surface area (Å²) in [5, 5.41) is 9.53. The van der Waals surface area contributed by atoms with E-state index in [4.69, 9.17) is 10.5 Å². The smallest absolute Gasteiger partial charge is 0.142 e. The normalized spacial score (nSPS) is 10.3. The van der Waals surface area contributed by atoms with Crippen LogP contribution in [-0.4, -0.2) is 11.6 Å². The molecule has 26 heavy (non-hydrogen) atoms. The van der Waals surface area contributed by atoms with E-state index < -0.39 is 0 Å². The second-order valence-electron chi connectivity index (χ2n) is 5.81. The summed E-state index contributed by atoms with van der Waals surface area (Å²) in [4.78, 5) is 4.40. The van der Waals surface area contributed by atoms with E-state index in [1.165, 1.54) is 0 Å². The van der Waals surface area contributed by atoms with Gasteiger partial charge in [-0.3, -0.25) is 0 Å². The fourth-order valence-corrected chi connectivity index (χ4v) is 2.89. The number of hydrogen-bond donors (Lipinski definition) is 1. The van der Waals surface area contributed by atoms with Crippen molar-refractivity contribution in [1.82, 2.24) is 4.98 Å². The molecular formula is C21H18BrN3O. The number of ether oxygens (including phenoxy) is 1. The number of hydrogen-bond acceptors (Lipinski definition) is 4. The monoisotopic (exact) mass is 407 g/mol. The van der Waals surface area contributed by atoms with Crippen LogP contribution in [0.1, 0.15) is 18.9 Å². The highest BCUT2D eigenvalue weighted by molar-refractivity contribution is 9.10. The molecule has 4 nitrogen and oxygen atoms in total. The number of nitrogen functional groups attached to an aromatic ring is 1. The Labute approximate surface area is 161 Å². The van der Waals surface area contributed by atoms with Crippen LogP contribution in [-0.2, 0) is 0 Å². The van der Waals surface area contributed by atoms with Crippen LogP contribution >= 0.6 is 15.9 Å². The maximum Gasteiger partial charge on any atom is 0.142 e. The van der Waals surface area contributed by atoms with E-state index in [0.29, 0.717) is 12.2 Å². The number of nitrogens with two attached hydrogens (primary N) is 1. The van der Waals surface area contributed by atoms with E-state index in [1.54, 1.807) is 0 Å². The average molecular weight is 408 g/mol. The fourth-order valence-electron chi connectivity index (χ4n) is 2.63. The zero-order chi connectivity index (χ0) is 18.5. The Morgan fingerprint density at radius 1 is 1.08 bits per heavy atom. The maximum atomic E-state index is 9.53. The Hall–Kier alpha value is -2.84. The summed E-state index contributed by atoms with van der Waals surface area (Å²) in [6.45, 7) is 2.75.